The highest BCUT2D eigenvalue weighted by molar-refractivity contribution is 7.14. The number of furan rings is 1. The van der Waals surface area contributed by atoms with Crippen LogP contribution in [0.15, 0.2) is 52.3 Å². The van der Waals surface area contributed by atoms with Gasteiger partial charge in [0.05, 0.1) is 12.6 Å². The smallest absolute Gasteiger partial charge is 0.280 e. The first-order chi connectivity index (χ1) is 12.5. The SMILES string of the molecule is C[NH+](CC(=O)Nc1sccc1C#N)Cc1ccc(-c2ccc(Cl)cc2)o1. The molecule has 1 aromatic carbocycles. The summed E-state index contributed by atoms with van der Waals surface area (Å²) in [6.07, 6.45) is 0. The third kappa shape index (κ3) is 4.52. The van der Waals surface area contributed by atoms with Gasteiger partial charge in [0.1, 0.15) is 23.4 Å². The fourth-order valence-electron chi connectivity index (χ4n) is 2.54. The summed E-state index contributed by atoms with van der Waals surface area (Å²) in [5, 5.41) is 14.8. The highest BCUT2D eigenvalue weighted by Gasteiger charge is 2.15. The van der Waals surface area contributed by atoms with E-state index < -0.39 is 0 Å². The van der Waals surface area contributed by atoms with Crippen LogP contribution in [-0.4, -0.2) is 19.5 Å². The maximum atomic E-state index is 12.2. The molecular weight excluding hydrogens is 370 g/mol. The van der Waals surface area contributed by atoms with Crippen LogP contribution in [0.2, 0.25) is 5.02 Å². The van der Waals surface area contributed by atoms with E-state index in [9.17, 15) is 4.79 Å². The van der Waals surface area contributed by atoms with Crippen molar-refractivity contribution in [3.63, 3.8) is 0 Å². The van der Waals surface area contributed by atoms with Crippen molar-refractivity contribution in [2.24, 2.45) is 0 Å². The predicted molar refractivity (Wildman–Crippen MR) is 102 cm³/mol. The number of thiophene rings is 1. The first kappa shape index (κ1) is 18.2. The lowest BCUT2D eigenvalue weighted by atomic mass is 10.2. The summed E-state index contributed by atoms with van der Waals surface area (Å²) in [7, 11) is 1.92. The number of benzene rings is 1. The lowest BCUT2D eigenvalue weighted by Gasteiger charge is -2.12. The number of amides is 1. The Balaban J connectivity index is 1.56. The number of hydrogen-bond acceptors (Lipinski definition) is 4. The number of hydrogen-bond donors (Lipinski definition) is 2. The lowest BCUT2D eigenvalue weighted by Crippen LogP contribution is -3.08. The van der Waals surface area contributed by atoms with Gasteiger partial charge in [-0.25, -0.2) is 0 Å². The van der Waals surface area contributed by atoms with Gasteiger partial charge in [-0.3, -0.25) is 4.79 Å². The van der Waals surface area contributed by atoms with Gasteiger partial charge >= 0.3 is 0 Å². The second kappa shape index (κ2) is 8.19. The third-order valence-corrected chi connectivity index (χ3v) is 4.85. The number of anilines is 1. The van der Waals surface area contributed by atoms with Crippen LogP contribution < -0.4 is 10.2 Å². The van der Waals surface area contributed by atoms with Crippen LogP contribution in [0.4, 0.5) is 5.00 Å². The van der Waals surface area contributed by atoms with E-state index in [0.29, 0.717) is 22.1 Å². The van der Waals surface area contributed by atoms with Gasteiger partial charge in [0.25, 0.3) is 5.91 Å². The fourth-order valence-corrected chi connectivity index (χ4v) is 3.42. The van der Waals surface area contributed by atoms with Crippen LogP contribution in [0, 0.1) is 11.3 Å². The maximum absolute atomic E-state index is 12.2. The molecule has 0 saturated carbocycles. The lowest BCUT2D eigenvalue weighted by molar-refractivity contribution is -0.886. The Morgan fingerprint density at radius 2 is 2.04 bits per heavy atom. The average molecular weight is 387 g/mol. The zero-order chi connectivity index (χ0) is 18.5. The third-order valence-electron chi connectivity index (χ3n) is 3.77. The summed E-state index contributed by atoms with van der Waals surface area (Å²) >= 11 is 7.25. The van der Waals surface area contributed by atoms with Crippen LogP contribution in [0.5, 0.6) is 0 Å². The van der Waals surface area contributed by atoms with E-state index in [2.05, 4.69) is 11.4 Å². The predicted octanol–water partition coefficient (Wildman–Crippen LogP) is 3.19. The molecule has 0 saturated heterocycles. The first-order valence-electron chi connectivity index (χ1n) is 7.98. The molecule has 3 aromatic rings. The zero-order valence-electron chi connectivity index (χ0n) is 14.1. The molecule has 7 heteroatoms. The van der Waals surface area contributed by atoms with E-state index in [1.807, 2.05) is 43.4 Å². The van der Waals surface area contributed by atoms with Crippen molar-refractivity contribution in [2.45, 2.75) is 6.54 Å². The highest BCUT2D eigenvalue weighted by Crippen LogP contribution is 2.24. The molecule has 2 aromatic heterocycles. The van der Waals surface area contributed by atoms with E-state index in [0.717, 1.165) is 22.0 Å². The molecule has 1 amide bonds. The Morgan fingerprint density at radius 1 is 1.27 bits per heavy atom. The molecule has 26 heavy (non-hydrogen) atoms. The number of quaternary nitrogens is 1. The molecular formula is C19H17ClN3O2S+. The Kier molecular flexibility index (Phi) is 5.74. The van der Waals surface area contributed by atoms with Gasteiger partial charge in [-0.05, 0) is 47.8 Å². The normalized spacial score (nSPS) is 11.7. The van der Waals surface area contributed by atoms with E-state index in [-0.39, 0.29) is 12.5 Å². The molecule has 2 N–H and O–H groups in total. The fraction of sp³-hybridized carbons (Fsp3) is 0.158. The van der Waals surface area contributed by atoms with Crippen LogP contribution in [-0.2, 0) is 11.3 Å². The number of nitriles is 1. The van der Waals surface area contributed by atoms with Gasteiger partial charge in [-0.15, -0.1) is 11.3 Å². The van der Waals surface area contributed by atoms with Gasteiger partial charge in [-0.2, -0.15) is 5.26 Å². The number of halogens is 1. The molecule has 0 radical (unpaired) electrons. The molecule has 0 fully saturated rings. The molecule has 5 nitrogen and oxygen atoms in total. The molecule has 0 aliphatic rings. The molecule has 3 rings (SSSR count). The van der Waals surface area contributed by atoms with Gasteiger partial charge in [-0.1, -0.05) is 11.6 Å². The van der Waals surface area contributed by atoms with Crippen molar-refractivity contribution >= 4 is 33.8 Å². The van der Waals surface area contributed by atoms with Gasteiger partial charge in [0, 0.05) is 10.6 Å². The number of carbonyl (C=O) groups excluding carboxylic acids is 1. The summed E-state index contributed by atoms with van der Waals surface area (Å²) in [5.41, 5.74) is 1.44. The number of rotatable bonds is 6. The average Bonchev–Trinajstić information content (AvgIpc) is 3.24. The number of nitrogens with one attached hydrogen (secondary N) is 2. The van der Waals surface area contributed by atoms with Crippen LogP contribution >= 0.6 is 22.9 Å². The molecule has 0 aliphatic heterocycles. The van der Waals surface area contributed by atoms with Crippen molar-refractivity contribution in [3.8, 4) is 17.4 Å². The summed E-state index contributed by atoms with van der Waals surface area (Å²) in [5.74, 6) is 1.44. The molecule has 132 valence electrons. The van der Waals surface area contributed by atoms with Crippen LogP contribution in [0.25, 0.3) is 11.3 Å². The Bertz CT molecular complexity index is 940. The highest BCUT2D eigenvalue weighted by atomic mass is 35.5. The Hall–Kier alpha value is -2.59. The summed E-state index contributed by atoms with van der Waals surface area (Å²) in [6, 6.07) is 15.0. The summed E-state index contributed by atoms with van der Waals surface area (Å²) in [6.45, 7) is 0.857. The minimum atomic E-state index is -0.133. The van der Waals surface area contributed by atoms with Crippen molar-refractivity contribution in [1.82, 2.24) is 0 Å². The molecule has 0 spiro atoms. The zero-order valence-corrected chi connectivity index (χ0v) is 15.7. The van der Waals surface area contributed by atoms with Crippen molar-refractivity contribution in [3.05, 3.63) is 64.2 Å². The molecule has 1 unspecified atom stereocenters. The Labute approximate surface area is 160 Å². The summed E-state index contributed by atoms with van der Waals surface area (Å²) < 4.78 is 5.87. The molecule has 0 bridgehead atoms. The second-order valence-corrected chi connectivity index (χ2v) is 7.26. The van der Waals surface area contributed by atoms with E-state index in [1.165, 1.54) is 11.3 Å². The van der Waals surface area contributed by atoms with Crippen molar-refractivity contribution in [1.29, 1.82) is 5.26 Å². The minimum absolute atomic E-state index is 0.133. The minimum Gasteiger partial charge on any atom is -0.455 e. The first-order valence-corrected chi connectivity index (χ1v) is 9.24. The maximum Gasteiger partial charge on any atom is 0.280 e. The Morgan fingerprint density at radius 3 is 2.77 bits per heavy atom. The molecule has 2 heterocycles. The van der Waals surface area contributed by atoms with Crippen LogP contribution in [0.3, 0.4) is 0 Å². The summed E-state index contributed by atoms with van der Waals surface area (Å²) in [4.78, 5) is 13.1. The van der Waals surface area contributed by atoms with E-state index in [1.54, 1.807) is 11.4 Å². The monoisotopic (exact) mass is 386 g/mol. The quantitative estimate of drug-likeness (QED) is 0.683. The largest absolute Gasteiger partial charge is 0.455 e. The molecule has 1 atom stereocenters. The van der Waals surface area contributed by atoms with Crippen molar-refractivity contribution in [2.75, 3.05) is 18.9 Å². The van der Waals surface area contributed by atoms with Gasteiger partial charge in [0.15, 0.2) is 12.3 Å². The second-order valence-electron chi connectivity index (χ2n) is 5.91. The van der Waals surface area contributed by atoms with E-state index in [4.69, 9.17) is 21.3 Å². The number of likely N-dealkylation sites (N-methyl/N-ethyl adjacent to an activating group) is 1. The number of nitrogens with zero attached hydrogens (tertiary/aromatic N) is 1. The topological polar surface area (TPSA) is 70.5 Å². The van der Waals surface area contributed by atoms with Gasteiger partial charge in [0.2, 0.25) is 0 Å². The van der Waals surface area contributed by atoms with E-state index >= 15 is 0 Å². The van der Waals surface area contributed by atoms with Crippen LogP contribution in [0.1, 0.15) is 11.3 Å². The number of carbonyl (C=O) groups is 1. The van der Waals surface area contributed by atoms with Gasteiger partial charge < -0.3 is 14.6 Å². The van der Waals surface area contributed by atoms with Crippen molar-refractivity contribution < 1.29 is 14.1 Å². The standard InChI is InChI=1S/C19H16ClN3O2S/c1-23(12-18(24)22-19-14(10-21)8-9-26-19)11-16-6-7-17(25-16)13-2-4-15(20)5-3-13/h2-9H,11-12H2,1H3,(H,22,24)/p+1. The molecule has 0 aliphatic carbocycles.